The first kappa shape index (κ1) is 22.3. The van der Waals surface area contributed by atoms with Crippen molar-refractivity contribution in [3.63, 3.8) is 0 Å². The van der Waals surface area contributed by atoms with Gasteiger partial charge in [-0.15, -0.1) is 0 Å². The molecule has 6 rings (SSSR count). The molecule has 2 aliphatic heterocycles. The molecule has 6 aliphatic rings. The Morgan fingerprint density at radius 1 is 0.875 bits per heavy atom. The molecule has 1 spiro atoms. The number of aliphatic hydroxyl groups is 3. The van der Waals surface area contributed by atoms with Gasteiger partial charge in [-0.25, -0.2) is 0 Å². The van der Waals surface area contributed by atoms with Crippen LogP contribution in [-0.2, 0) is 9.47 Å². The van der Waals surface area contributed by atoms with E-state index in [9.17, 15) is 15.3 Å². The topological polar surface area (TPSA) is 79.2 Å². The van der Waals surface area contributed by atoms with Gasteiger partial charge in [-0.05, 0) is 91.8 Å². The van der Waals surface area contributed by atoms with E-state index in [1.165, 1.54) is 12.8 Å². The summed E-state index contributed by atoms with van der Waals surface area (Å²) in [6.45, 7) is 8.01. The lowest BCUT2D eigenvalue weighted by Gasteiger charge is -2.62. The fourth-order valence-corrected chi connectivity index (χ4v) is 10.3. The molecule has 0 aromatic heterocycles. The zero-order chi connectivity index (χ0) is 22.5. The summed E-state index contributed by atoms with van der Waals surface area (Å²) in [5.74, 6) is 2.34. The maximum absolute atomic E-state index is 11.3. The van der Waals surface area contributed by atoms with E-state index in [2.05, 4.69) is 20.8 Å². The summed E-state index contributed by atoms with van der Waals surface area (Å²) in [7, 11) is 0. The molecule has 2 heterocycles. The summed E-state index contributed by atoms with van der Waals surface area (Å²) < 4.78 is 13.2. The first-order valence-corrected chi connectivity index (χ1v) is 13.5. The molecule has 32 heavy (non-hydrogen) atoms. The molecule has 0 aromatic carbocycles. The van der Waals surface area contributed by atoms with Crippen LogP contribution in [-0.4, -0.2) is 52.6 Å². The molecule has 4 aliphatic carbocycles. The highest BCUT2D eigenvalue weighted by molar-refractivity contribution is 5.16. The second-order valence-electron chi connectivity index (χ2n) is 13.2. The van der Waals surface area contributed by atoms with Crippen molar-refractivity contribution in [2.24, 2.45) is 52.3 Å². The third-order valence-electron chi connectivity index (χ3n) is 11.9. The van der Waals surface area contributed by atoms with E-state index in [1.807, 2.05) is 0 Å². The lowest BCUT2D eigenvalue weighted by atomic mass is 9.43. The summed E-state index contributed by atoms with van der Waals surface area (Å²) in [5, 5.41) is 32.1. The van der Waals surface area contributed by atoms with Gasteiger partial charge in [0, 0.05) is 18.3 Å². The van der Waals surface area contributed by atoms with Crippen LogP contribution in [0.25, 0.3) is 0 Å². The minimum atomic E-state index is -0.579. The highest BCUT2D eigenvalue weighted by Gasteiger charge is 2.70. The van der Waals surface area contributed by atoms with Crippen LogP contribution in [0.1, 0.15) is 78.6 Å². The Kier molecular flexibility index (Phi) is 5.15. The first-order valence-electron chi connectivity index (χ1n) is 13.5. The zero-order valence-corrected chi connectivity index (χ0v) is 20.2. The van der Waals surface area contributed by atoms with Gasteiger partial charge in [0.1, 0.15) is 0 Å². The summed E-state index contributed by atoms with van der Waals surface area (Å²) in [4.78, 5) is 0. The van der Waals surface area contributed by atoms with Crippen LogP contribution >= 0.6 is 0 Å². The zero-order valence-electron chi connectivity index (χ0n) is 20.2. The van der Waals surface area contributed by atoms with Gasteiger partial charge in [-0.2, -0.15) is 0 Å². The molecule has 2 saturated heterocycles. The van der Waals surface area contributed by atoms with E-state index in [1.54, 1.807) is 0 Å². The Morgan fingerprint density at radius 3 is 2.38 bits per heavy atom. The van der Waals surface area contributed by atoms with E-state index in [4.69, 9.17) is 9.47 Å². The Hall–Kier alpha value is -0.200. The number of aliphatic hydroxyl groups excluding tert-OH is 3. The predicted octanol–water partition coefficient (Wildman–Crippen LogP) is 3.74. The van der Waals surface area contributed by atoms with Crippen LogP contribution in [0.3, 0.4) is 0 Å². The van der Waals surface area contributed by atoms with Crippen molar-refractivity contribution < 1.29 is 24.8 Å². The minimum Gasteiger partial charge on any atom is -0.396 e. The van der Waals surface area contributed by atoms with Crippen molar-refractivity contribution >= 4 is 0 Å². The molecule has 13 atom stereocenters. The van der Waals surface area contributed by atoms with Crippen molar-refractivity contribution in [1.82, 2.24) is 0 Å². The SMILES string of the molecule is C[C@@H]1CC[C@@]2(OC1)O[C@H]1C[C@H]3[C@@H]4CC(O)[C@H]5C[C@@H](O)CC[C@]5(C)[C@H]4CC[C@]3(C)[C@H]1[C@@H]2CO. The lowest BCUT2D eigenvalue weighted by Crippen LogP contribution is -2.59. The normalized spacial score (nSPS) is 61.7. The Bertz CT molecular complexity index is 734. The van der Waals surface area contributed by atoms with Crippen molar-refractivity contribution in [2.45, 2.75) is 103 Å². The Morgan fingerprint density at radius 2 is 1.66 bits per heavy atom. The minimum absolute atomic E-state index is 0.0632. The second kappa shape index (κ2) is 7.40. The largest absolute Gasteiger partial charge is 0.396 e. The molecular formula is C27H44O5. The number of hydrogen-bond acceptors (Lipinski definition) is 5. The molecule has 5 nitrogen and oxygen atoms in total. The van der Waals surface area contributed by atoms with Crippen LogP contribution in [0.2, 0.25) is 0 Å². The van der Waals surface area contributed by atoms with Gasteiger partial charge in [0.05, 0.1) is 31.5 Å². The fraction of sp³-hybridized carbons (Fsp3) is 1.00. The molecule has 0 radical (unpaired) electrons. The molecule has 6 fully saturated rings. The van der Waals surface area contributed by atoms with Gasteiger partial charge in [0.15, 0.2) is 5.79 Å². The molecule has 0 amide bonds. The van der Waals surface area contributed by atoms with E-state index < -0.39 is 5.79 Å². The Labute approximate surface area is 193 Å². The molecular weight excluding hydrogens is 404 g/mol. The van der Waals surface area contributed by atoms with E-state index in [0.717, 1.165) is 51.6 Å². The van der Waals surface area contributed by atoms with Gasteiger partial charge in [-0.1, -0.05) is 20.8 Å². The quantitative estimate of drug-likeness (QED) is 0.570. The summed E-state index contributed by atoms with van der Waals surface area (Å²) in [5.41, 5.74) is 0.286. The van der Waals surface area contributed by atoms with Crippen LogP contribution in [0.4, 0.5) is 0 Å². The van der Waals surface area contributed by atoms with Crippen LogP contribution in [0.5, 0.6) is 0 Å². The van der Waals surface area contributed by atoms with Gasteiger partial charge in [0.25, 0.3) is 0 Å². The van der Waals surface area contributed by atoms with Crippen molar-refractivity contribution in [3.05, 3.63) is 0 Å². The van der Waals surface area contributed by atoms with Gasteiger partial charge in [-0.3, -0.25) is 0 Å². The number of rotatable bonds is 1. The van der Waals surface area contributed by atoms with Crippen molar-refractivity contribution in [2.75, 3.05) is 13.2 Å². The van der Waals surface area contributed by atoms with E-state index in [0.29, 0.717) is 29.6 Å². The van der Waals surface area contributed by atoms with Crippen molar-refractivity contribution in [1.29, 1.82) is 0 Å². The summed E-state index contributed by atoms with van der Waals surface area (Å²) in [6, 6.07) is 0. The summed E-state index contributed by atoms with van der Waals surface area (Å²) in [6.07, 6.45) is 8.64. The fourth-order valence-electron chi connectivity index (χ4n) is 10.3. The van der Waals surface area contributed by atoms with Gasteiger partial charge < -0.3 is 24.8 Å². The molecule has 182 valence electrons. The third kappa shape index (κ3) is 2.87. The molecule has 0 bridgehead atoms. The van der Waals surface area contributed by atoms with Crippen LogP contribution in [0, 0.1) is 52.3 Å². The maximum Gasteiger partial charge on any atom is 0.174 e. The average molecular weight is 449 g/mol. The molecule has 5 heteroatoms. The highest BCUT2D eigenvalue weighted by atomic mass is 16.7. The second-order valence-corrected chi connectivity index (χ2v) is 13.2. The molecule has 0 aromatic rings. The Balaban J connectivity index is 1.29. The molecule has 4 saturated carbocycles. The predicted molar refractivity (Wildman–Crippen MR) is 121 cm³/mol. The van der Waals surface area contributed by atoms with Gasteiger partial charge >= 0.3 is 0 Å². The van der Waals surface area contributed by atoms with E-state index in [-0.39, 0.29) is 47.6 Å². The maximum atomic E-state index is 11.3. The lowest BCUT2D eigenvalue weighted by molar-refractivity contribution is -0.279. The number of hydrogen-bond donors (Lipinski definition) is 3. The molecule has 1 unspecified atom stereocenters. The van der Waals surface area contributed by atoms with Gasteiger partial charge in [0.2, 0.25) is 0 Å². The van der Waals surface area contributed by atoms with E-state index >= 15 is 0 Å². The highest BCUT2D eigenvalue weighted by Crippen LogP contribution is 2.71. The van der Waals surface area contributed by atoms with Crippen LogP contribution in [0.15, 0.2) is 0 Å². The van der Waals surface area contributed by atoms with Crippen LogP contribution < -0.4 is 0 Å². The monoisotopic (exact) mass is 448 g/mol. The first-order chi connectivity index (χ1) is 15.2. The number of fused-ring (bicyclic) bond motifs is 7. The standard InChI is InChI=1S/C27H44O5/c1-15-4-9-27(31-14-15)21(13-28)24-23(32-27)12-19-17-11-22(30)20-10-16(29)5-7-25(20,2)18(17)6-8-26(19,24)3/h15-24,28-30H,4-14H2,1-3H3/t15-,16+,17-,18+,19+,20-,21+,22?,23+,24+,25-,26+,27-/m1/s1. The molecule has 3 N–H and O–H groups in total. The van der Waals surface area contributed by atoms with Crippen molar-refractivity contribution in [3.8, 4) is 0 Å². The smallest absolute Gasteiger partial charge is 0.174 e. The number of ether oxygens (including phenoxy) is 2. The average Bonchev–Trinajstić information content (AvgIpc) is 3.22. The summed E-state index contributed by atoms with van der Waals surface area (Å²) >= 11 is 0. The third-order valence-corrected chi connectivity index (χ3v) is 11.9.